The number of hydrogen-bond donors (Lipinski definition) is 0. The second-order valence-electron chi connectivity index (χ2n) is 6.94. The molecule has 1 aromatic rings. The van der Waals surface area contributed by atoms with Crippen molar-refractivity contribution in [3.63, 3.8) is 0 Å². The van der Waals surface area contributed by atoms with Crippen LogP contribution in [0.15, 0.2) is 30.3 Å². The minimum Gasteiger partial charge on any atom is -0.341 e. The first-order valence-corrected chi connectivity index (χ1v) is 10.5. The van der Waals surface area contributed by atoms with Crippen molar-refractivity contribution in [3.8, 4) is 0 Å². The molecule has 2 aliphatic rings. The number of carbonyl (C=O) groups excluding carboxylic acids is 2. The molecule has 2 heterocycles. The van der Waals surface area contributed by atoms with Crippen LogP contribution >= 0.6 is 0 Å². The Hall–Kier alpha value is -1.89. The lowest BCUT2D eigenvalue weighted by Gasteiger charge is -2.34. The third kappa shape index (κ3) is 4.03. The van der Waals surface area contributed by atoms with E-state index in [4.69, 9.17) is 0 Å². The summed E-state index contributed by atoms with van der Waals surface area (Å²) in [6.45, 7) is 1.11. The van der Waals surface area contributed by atoms with Gasteiger partial charge in [0.05, 0.1) is 11.5 Å². The molecule has 0 saturated carbocycles. The van der Waals surface area contributed by atoms with Gasteiger partial charge in [-0.15, -0.1) is 0 Å². The first-order valence-electron chi connectivity index (χ1n) is 8.69. The SMILES string of the molecule is CN(C(=O)C1CCN(C(=O)c2ccccc2)CC1)C1CCS(=O)(=O)C1. The summed E-state index contributed by atoms with van der Waals surface area (Å²) >= 11 is 0. The number of piperidine rings is 1. The van der Waals surface area contributed by atoms with Crippen LogP contribution in [0.4, 0.5) is 0 Å². The van der Waals surface area contributed by atoms with Crippen molar-refractivity contribution in [2.24, 2.45) is 5.92 Å². The summed E-state index contributed by atoms with van der Waals surface area (Å²) in [4.78, 5) is 28.5. The number of carbonyl (C=O) groups is 2. The number of likely N-dealkylation sites (tertiary alicyclic amines) is 1. The molecule has 2 amide bonds. The zero-order chi connectivity index (χ0) is 18.0. The van der Waals surface area contributed by atoms with Gasteiger partial charge in [0.15, 0.2) is 9.84 Å². The molecule has 1 atom stereocenters. The Morgan fingerprint density at radius 3 is 2.28 bits per heavy atom. The number of benzene rings is 1. The topological polar surface area (TPSA) is 74.8 Å². The van der Waals surface area contributed by atoms with Gasteiger partial charge in [-0.25, -0.2) is 8.42 Å². The molecule has 25 heavy (non-hydrogen) atoms. The van der Waals surface area contributed by atoms with Crippen molar-refractivity contribution in [2.45, 2.75) is 25.3 Å². The zero-order valence-electron chi connectivity index (χ0n) is 14.4. The van der Waals surface area contributed by atoms with Crippen LogP contribution in [0.3, 0.4) is 0 Å². The molecule has 1 unspecified atom stereocenters. The lowest BCUT2D eigenvalue weighted by atomic mass is 9.94. The van der Waals surface area contributed by atoms with Crippen LogP contribution < -0.4 is 0 Å². The maximum Gasteiger partial charge on any atom is 0.253 e. The predicted octanol–water partition coefficient (Wildman–Crippen LogP) is 1.18. The van der Waals surface area contributed by atoms with Gasteiger partial charge in [-0.1, -0.05) is 18.2 Å². The van der Waals surface area contributed by atoms with E-state index in [-0.39, 0.29) is 35.3 Å². The van der Waals surface area contributed by atoms with Gasteiger partial charge in [-0.2, -0.15) is 0 Å². The van der Waals surface area contributed by atoms with Gasteiger partial charge in [0, 0.05) is 37.7 Å². The fourth-order valence-corrected chi connectivity index (χ4v) is 5.42. The molecule has 0 aliphatic carbocycles. The molecule has 0 aromatic heterocycles. The monoisotopic (exact) mass is 364 g/mol. The summed E-state index contributed by atoms with van der Waals surface area (Å²) in [5.41, 5.74) is 0.667. The quantitative estimate of drug-likeness (QED) is 0.807. The van der Waals surface area contributed by atoms with Gasteiger partial charge in [0.2, 0.25) is 5.91 Å². The van der Waals surface area contributed by atoms with Gasteiger partial charge >= 0.3 is 0 Å². The average molecular weight is 364 g/mol. The fourth-order valence-electron chi connectivity index (χ4n) is 3.64. The second-order valence-corrected chi connectivity index (χ2v) is 9.17. The van der Waals surface area contributed by atoms with E-state index in [9.17, 15) is 18.0 Å². The molecule has 2 saturated heterocycles. The number of rotatable bonds is 3. The van der Waals surface area contributed by atoms with E-state index in [2.05, 4.69) is 0 Å². The van der Waals surface area contributed by atoms with Crippen molar-refractivity contribution >= 4 is 21.7 Å². The lowest BCUT2D eigenvalue weighted by Crippen LogP contribution is -2.46. The number of amides is 2. The van der Waals surface area contributed by atoms with E-state index in [1.54, 1.807) is 29.0 Å². The Morgan fingerprint density at radius 1 is 1.08 bits per heavy atom. The van der Waals surface area contributed by atoms with Crippen molar-refractivity contribution in [2.75, 3.05) is 31.6 Å². The first kappa shape index (κ1) is 17.9. The standard InChI is InChI=1S/C18H24N2O4S/c1-19(16-9-12-25(23,24)13-16)17(21)15-7-10-20(11-8-15)18(22)14-5-3-2-4-6-14/h2-6,15-16H,7-13H2,1H3. The van der Waals surface area contributed by atoms with Crippen molar-refractivity contribution < 1.29 is 18.0 Å². The van der Waals surface area contributed by atoms with Crippen LogP contribution in [-0.4, -0.2) is 67.7 Å². The van der Waals surface area contributed by atoms with E-state index in [0.29, 0.717) is 37.9 Å². The normalized spacial score (nSPS) is 23.4. The van der Waals surface area contributed by atoms with Gasteiger partial charge in [-0.3, -0.25) is 9.59 Å². The molecule has 3 rings (SSSR count). The largest absolute Gasteiger partial charge is 0.341 e. The van der Waals surface area contributed by atoms with Gasteiger partial charge in [0.1, 0.15) is 0 Å². The Bertz CT molecular complexity index is 740. The van der Waals surface area contributed by atoms with Gasteiger partial charge < -0.3 is 9.80 Å². The van der Waals surface area contributed by atoms with E-state index in [1.807, 2.05) is 18.2 Å². The van der Waals surface area contributed by atoms with Crippen LogP contribution in [0.25, 0.3) is 0 Å². The molecule has 136 valence electrons. The smallest absolute Gasteiger partial charge is 0.253 e. The number of nitrogens with zero attached hydrogens (tertiary/aromatic N) is 2. The summed E-state index contributed by atoms with van der Waals surface area (Å²) in [5.74, 6) is 0.114. The maximum absolute atomic E-state index is 12.7. The minimum atomic E-state index is -3.00. The Morgan fingerprint density at radius 2 is 1.72 bits per heavy atom. The highest BCUT2D eigenvalue weighted by molar-refractivity contribution is 7.91. The van der Waals surface area contributed by atoms with Crippen molar-refractivity contribution in [1.82, 2.24) is 9.80 Å². The minimum absolute atomic E-state index is 0.00161. The Kier molecular flexibility index (Phi) is 5.13. The number of sulfone groups is 1. The van der Waals surface area contributed by atoms with Crippen LogP contribution in [0, 0.1) is 5.92 Å². The maximum atomic E-state index is 12.7. The van der Waals surface area contributed by atoms with E-state index >= 15 is 0 Å². The van der Waals surface area contributed by atoms with Crippen LogP contribution in [0.5, 0.6) is 0 Å². The molecular weight excluding hydrogens is 340 g/mol. The highest BCUT2D eigenvalue weighted by atomic mass is 32.2. The van der Waals surface area contributed by atoms with Crippen LogP contribution in [-0.2, 0) is 14.6 Å². The van der Waals surface area contributed by atoms with Gasteiger partial charge in [0.25, 0.3) is 5.91 Å². The molecule has 0 radical (unpaired) electrons. The second kappa shape index (κ2) is 7.15. The van der Waals surface area contributed by atoms with E-state index in [1.165, 1.54) is 0 Å². The summed E-state index contributed by atoms with van der Waals surface area (Å²) < 4.78 is 23.2. The van der Waals surface area contributed by atoms with Crippen molar-refractivity contribution in [1.29, 1.82) is 0 Å². The lowest BCUT2D eigenvalue weighted by molar-refractivity contribution is -0.137. The summed E-state index contributed by atoms with van der Waals surface area (Å²) in [7, 11) is -1.30. The molecule has 1 aromatic carbocycles. The predicted molar refractivity (Wildman–Crippen MR) is 94.9 cm³/mol. The highest BCUT2D eigenvalue weighted by Gasteiger charge is 2.36. The zero-order valence-corrected chi connectivity index (χ0v) is 15.2. The van der Waals surface area contributed by atoms with E-state index < -0.39 is 9.84 Å². The van der Waals surface area contributed by atoms with E-state index in [0.717, 1.165) is 0 Å². The molecule has 0 N–H and O–H groups in total. The molecular formula is C18H24N2O4S. The summed E-state index contributed by atoms with van der Waals surface area (Å²) in [5, 5.41) is 0. The van der Waals surface area contributed by atoms with Crippen LogP contribution in [0.2, 0.25) is 0 Å². The number of hydrogen-bond acceptors (Lipinski definition) is 4. The van der Waals surface area contributed by atoms with Gasteiger partial charge in [-0.05, 0) is 31.4 Å². The molecule has 0 spiro atoms. The third-order valence-corrected chi connectivity index (χ3v) is 7.01. The average Bonchev–Trinajstić information content (AvgIpc) is 3.00. The molecule has 6 nitrogen and oxygen atoms in total. The van der Waals surface area contributed by atoms with Crippen molar-refractivity contribution in [3.05, 3.63) is 35.9 Å². The molecule has 2 fully saturated rings. The molecule has 0 bridgehead atoms. The molecule has 2 aliphatic heterocycles. The fraction of sp³-hybridized carbons (Fsp3) is 0.556. The summed E-state index contributed by atoms with van der Waals surface area (Å²) in [6, 6.07) is 8.95. The summed E-state index contributed by atoms with van der Waals surface area (Å²) in [6.07, 6.45) is 1.78. The molecule has 7 heteroatoms. The highest BCUT2D eigenvalue weighted by Crippen LogP contribution is 2.24. The third-order valence-electron chi connectivity index (χ3n) is 5.26. The first-order chi connectivity index (χ1) is 11.9. The Balaban J connectivity index is 1.55. The van der Waals surface area contributed by atoms with Crippen LogP contribution in [0.1, 0.15) is 29.6 Å². The Labute approximate surface area is 148 Å².